The van der Waals surface area contributed by atoms with Crippen molar-refractivity contribution in [2.45, 2.75) is 39.2 Å². The monoisotopic (exact) mass is 311 g/mol. The quantitative estimate of drug-likeness (QED) is 0.876. The fourth-order valence-corrected chi connectivity index (χ4v) is 3.38. The molecule has 0 unspecified atom stereocenters. The highest BCUT2D eigenvalue weighted by Gasteiger charge is 2.25. The molecule has 1 atom stereocenters. The van der Waals surface area contributed by atoms with E-state index < -0.39 is 5.97 Å². The number of aliphatic carboxylic acids is 1. The van der Waals surface area contributed by atoms with Crippen molar-refractivity contribution in [3.8, 4) is 0 Å². The molecule has 0 spiro atoms. The molecular weight excluding hydrogens is 290 g/mol. The Balaban J connectivity index is 2.08. The summed E-state index contributed by atoms with van der Waals surface area (Å²) < 4.78 is 5.57. The summed E-state index contributed by atoms with van der Waals surface area (Å²) in [5.74, 6) is -0.980. The van der Waals surface area contributed by atoms with E-state index in [1.165, 1.54) is 11.3 Å². The van der Waals surface area contributed by atoms with Gasteiger partial charge in [0.1, 0.15) is 0 Å². The molecule has 0 radical (unpaired) electrons. The van der Waals surface area contributed by atoms with Crippen LogP contribution in [0.3, 0.4) is 0 Å². The second-order valence-electron chi connectivity index (χ2n) is 5.38. The lowest BCUT2D eigenvalue weighted by Gasteiger charge is -2.24. The number of amides is 1. The van der Waals surface area contributed by atoms with Crippen LogP contribution in [-0.4, -0.2) is 47.7 Å². The second-order valence-corrected chi connectivity index (χ2v) is 6.64. The van der Waals surface area contributed by atoms with Gasteiger partial charge in [-0.25, -0.2) is 0 Å². The van der Waals surface area contributed by atoms with Gasteiger partial charge in [0.25, 0.3) is 5.91 Å². The molecule has 1 aliphatic heterocycles. The van der Waals surface area contributed by atoms with E-state index >= 15 is 0 Å². The Morgan fingerprint density at radius 2 is 2.24 bits per heavy atom. The van der Waals surface area contributed by atoms with Crippen molar-refractivity contribution in [1.82, 2.24) is 4.90 Å². The number of ether oxygens (including phenoxy) is 1. The van der Waals surface area contributed by atoms with Gasteiger partial charge in [-0.2, -0.15) is 0 Å². The Hall–Kier alpha value is -1.40. The lowest BCUT2D eigenvalue weighted by molar-refractivity contribution is -0.137. The Bertz CT molecular complexity index is 500. The smallest absolute Gasteiger partial charge is 0.305 e. The van der Waals surface area contributed by atoms with Crippen molar-refractivity contribution < 1.29 is 19.4 Å². The minimum absolute atomic E-state index is 0.0323. The number of aryl methyl sites for hydroxylation is 2. The number of carbonyl (C=O) groups is 2. The third kappa shape index (κ3) is 4.28. The predicted molar refractivity (Wildman–Crippen MR) is 80.9 cm³/mol. The molecule has 21 heavy (non-hydrogen) atoms. The average molecular weight is 311 g/mol. The van der Waals surface area contributed by atoms with Crippen LogP contribution in [0.5, 0.6) is 0 Å². The summed E-state index contributed by atoms with van der Waals surface area (Å²) in [5, 5.41) is 8.86. The van der Waals surface area contributed by atoms with Crippen molar-refractivity contribution in [2.75, 3.05) is 19.7 Å². The van der Waals surface area contributed by atoms with Crippen LogP contribution in [0.1, 0.15) is 39.4 Å². The first kappa shape index (κ1) is 16.0. The number of hydrogen-bond acceptors (Lipinski definition) is 4. The molecule has 1 amide bonds. The van der Waals surface area contributed by atoms with E-state index in [-0.39, 0.29) is 25.0 Å². The van der Waals surface area contributed by atoms with E-state index in [9.17, 15) is 9.59 Å². The number of carboxylic acid groups (broad SMARTS) is 1. The summed E-state index contributed by atoms with van der Waals surface area (Å²) >= 11 is 1.46. The molecule has 0 aromatic carbocycles. The van der Waals surface area contributed by atoms with E-state index in [2.05, 4.69) is 0 Å². The summed E-state index contributed by atoms with van der Waals surface area (Å²) in [6, 6.07) is 1.88. The topological polar surface area (TPSA) is 66.8 Å². The van der Waals surface area contributed by atoms with E-state index in [4.69, 9.17) is 9.84 Å². The molecule has 116 valence electrons. The molecule has 1 aromatic rings. The Morgan fingerprint density at radius 1 is 1.48 bits per heavy atom. The minimum Gasteiger partial charge on any atom is -0.481 e. The number of nitrogens with zero attached hydrogens (tertiary/aromatic N) is 1. The molecule has 1 aliphatic rings. The molecule has 6 heteroatoms. The first-order chi connectivity index (χ1) is 9.97. The highest BCUT2D eigenvalue weighted by atomic mass is 32.1. The van der Waals surface area contributed by atoms with Crippen molar-refractivity contribution in [3.63, 3.8) is 0 Å². The number of rotatable bonds is 6. The summed E-state index contributed by atoms with van der Waals surface area (Å²) in [6.07, 6.45) is 1.93. The van der Waals surface area contributed by atoms with Crippen LogP contribution in [0.4, 0.5) is 0 Å². The van der Waals surface area contributed by atoms with Gasteiger partial charge in [-0.3, -0.25) is 9.59 Å². The van der Waals surface area contributed by atoms with Crippen LogP contribution in [0.25, 0.3) is 0 Å². The van der Waals surface area contributed by atoms with Gasteiger partial charge in [0, 0.05) is 24.6 Å². The number of thiophene rings is 1. The highest BCUT2D eigenvalue weighted by Crippen LogP contribution is 2.23. The molecule has 0 bridgehead atoms. The molecule has 0 aliphatic carbocycles. The zero-order chi connectivity index (χ0) is 15.4. The third-order valence-electron chi connectivity index (χ3n) is 3.71. The minimum atomic E-state index is -0.890. The SMILES string of the molecule is Cc1cc(C(=O)N(CCC(=O)O)C[C@H]2CCCO2)sc1C. The summed E-state index contributed by atoms with van der Waals surface area (Å²) in [7, 11) is 0. The fraction of sp³-hybridized carbons (Fsp3) is 0.600. The first-order valence-electron chi connectivity index (χ1n) is 7.17. The van der Waals surface area contributed by atoms with Crippen LogP contribution in [0.2, 0.25) is 0 Å². The lowest BCUT2D eigenvalue weighted by atomic mass is 10.2. The zero-order valence-electron chi connectivity index (χ0n) is 12.4. The van der Waals surface area contributed by atoms with E-state index in [1.54, 1.807) is 4.90 Å². The van der Waals surface area contributed by atoms with Crippen LogP contribution >= 0.6 is 11.3 Å². The third-order valence-corrected chi connectivity index (χ3v) is 4.85. The molecule has 2 rings (SSSR count). The van der Waals surface area contributed by atoms with Crippen molar-refractivity contribution in [3.05, 3.63) is 21.4 Å². The van der Waals surface area contributed by atoms with Crippen LogP contribution in [0, 0.1) is 13.8 Å². The van der Waals surface area contributed by atoms with E-state index in [1.807, 2.05) is 19.9 Å². The van der Waals surface area contributed by atoms with Gasteiger partial charge in [-0.15, -0.1) is 11.3 Å². The van der Waals surface area contributed by atoms with Gasteiger partial charge in [0.05, 0.1) is 17.4 Å². The van der Waals surface area contributed by atoms with Crippen LogP contribution in [-0.2, 0) is 9.53 Å². The zero-order valence-corrected chi connectivity index (χ0v) is 13.2. The maximum absolute atomic E-state index is 12.6. The normalized spacial score (nSPS) is 17.9. The Morgan fingerprint density at radius 3 is 2.76 bits per heavy atom. The van der Waals surface area contributed by atoms with Crippen LogP contribution < -0.4 is 0 Å². The molecule has 2 heterocycles. The van der Waals surface area contributed by atoms with Gasteiger partial charge in [0.15, 0.2) is 0 Å². The van der Waals surface area contributed by atoms with Crippen molar-refractivity contribution in [2.24, 2.45) is 0 Å². The molecule has 1 saturated heterocycles. The number of carboxylic acids is 1. The standard InChI is InChI=1S/C15H21NO4S/c1-10-8-13(21-11(10)2)15(19)16(6-5-14(17)18)9-12-4-3-7-20-12/h8,12H,3-7,9H2,1-2H3,(H,17,18)/t12-/m1/s1. The van der Waals surface area contributed by atoms with E-state index in [0.29, 0.717) is 11.4 Å². The Labute approximate surface area is 128 Å². The average Bonchev–Trinajstić information content (AvgIpc) is 3.04. The summed E-state index contributed by atoms with van der Waals surface area (Å²) in [5.41, 5.74) is 1.10. The fourth-order valence-electron chi connectivity index (χ4n) is 2.37. The molecular formula is C15H21NO4S. The molecule has 1 N–H and O–H groups in total. The van der Waals surface area contributed by atoms with E-state index in [0.717, 1.165) is 29.9 Å². The van der Waals surface area contributed by atoms with Gasteiger partial charge in [-0.05, 0) is 38.3 Å². The Kier molecular flexibility index (Phi) is 5.36. The van der Waals surface area contributed by atoms with Crippen molar-refractivity contribution >= 4 is 23.2 Å². The first-order valence-corrected chi connectivity index (χ1v) is 7.98. The maximum atomic E-state index is 12.6. The largest absolute Gasteiger partial charge is 0.481 e. The van der Waals surface area contributed by atoms with Gasteiger partial charge < -0.3 is 14.7 Å². The maximum Gasteiger partial charge on any atom is 0.305 e. The molecule has 1 aromatic heterocycles. The van der Waals surface area contributed by atoms with Gasteiger partial charge in [0.2, 0.25) is 0 Å². The second kappa shape index (κ2) is 7.04. The summed E-state index contributed by atoms with van der Waals surface area (Å²) in [4.78, 5) is 26.8. The number of hydrogen-bond donors (Lipinski definition) is 1. The molecule has 1 fully saturated rings. The predicted octanol–water partition coefficient (Wildman–Crippen LogP) is 2.46. The van der Waals surface area contributed by atoms with Gasteiger partial charge in [-0.1, -0.05) is 0 Å². The summed E-state index contributed by atoms with van der Waals surface area (Å²) in [6.45, 7) is 5.39. The van der Waals surface area contributed by atoms with Crippen LogP contribution in [0.15, 0.2) is 6.07 Å². The number of carbonyl (C=O) groups excluding carboxylic acids is 1. The lowest BCUT2D eigenvalue weighted by Crippen LogP contribution is -2.38. The molecule has 0 saturated carbocycles. The molecule has 5 nitrogen and oxygen atoms in total. The van der Waals surface area contributed by atoms with Gasteiger partial charge >= 0.3 is 5.97 Å². The van der Waals surface area contributed by atoms with Crippen molar-refractivity contribution in [1.29, 1.82) is 0 Å². The highest BCUT2D eigenvalue weighted by molar-refractivity contribution is 7.14.